The number of ether oxygens (including phenoxy) is 1. The van der Waals surface area contributed by atoms with E-state index in [2.05, 4.69) is 32.8 Å². The highest BCUT2D eigenvalue weighted by atomic mass is 127. The summed E-state index contributed by atoms with van der Waals surface area (Å²) in [6, 6.07) is 7.89. The normalized spacial score (nSPS) is 10.3. The minimum Gasteiger partial charge on any atom is -0.493 e. The highest BCUT2D eigenvalue weighted by Crippen LogP contribution is 2.32. The Labute approximate surface area is 106 Å². The Morgan fingerprint density at radius 3 is 2.80 bits per heavy atom. The predicted molar refractivity (Wildman–Crippen MR) is 69.2 cm³/mol. The van der Waals surface area contributed by atoms with Crippen molar-refractivity contribution in [3.05, 3.63) is 27.3 Å². The van der Waals surface area contributed by atoms with Crippen LogP contribution in [0.2, 0.25) is 0 Å². The second-order valence-electron chi connectivity index (χ2n) is 2.79. The number of benzene rings is 1. The molecule has 0 spiro atoms. The lowest BCUT2D eigenvalue weighted by Crippen LogP contribution is -1.93. The smallest absolute Gasteiger partial charge is 0.178 e. The Hall–Kier alpha value is -0.690. The lowest BCUT2D eigenvalue weighted by Gasteiger charge is -2.06. The number of halogens is 1. The van der Waals surface area contributed by atoms with E-state index >= 15 is 0 Å². The molecule has 0 saturated carbocycles. The van der Waals surface area contributed by atoms with E-state index in [-0.39, 0.29) is 0 Å². The first kappa shape index (κ1) is 10.8. The van der Waals surface area contributed by atoms with Crippen LogP contribution in [0.5, 0.6) is 5.75 Å². The van der Waals surface area contributed by atoms with Crippen LogP contribution in [0.4, 0.5) is 0 Å². The third-order valence-electron chi connectivity index (χ3n) is 1.82. The number of rotatable bonds is 3. The third kappa shape index (κ3) is 2.46. The summed E-state index contributed by atoms with van der Waals surface area (Å²) in [6.07, 6.45) is 0. The van der Waals surface area contributed by atoms with Crippen LogP contribution < -0.4 is 4.74 Å². The van der Waals surface area contributed by atoms with Crippen LogP contribution in [0, 0.1) is 3.01 Å². The molecule has 0 aliphatic rings. The maximum absolute atomic E-state index is 5.54. The molecule has 0 atom stereocenters. The number of hydrogen-bond acceptors (Lipinski definition) is 4. The Balaban J connectivity index is 2.42. The van der Waals surface area contributed by atoms with E-state index < -0.39 is 0 Å². The minimum atomic E-state index is 0.660. The molecule has 5 heteroatoms. The SMILES string of the molecule is CCOc1ccccc1-c1nnc(I)s1. The van der Waals surface area contributed by atoms with Crippen molar-refractivity contribution in [3.63, 3.8) is 0 Å². The molecule has 0 unspecified atom stereocenters. The third-order valence-corrected chi connectivity index (χ3v) is 3.44. The van der Waals surface area contributed by atoms with Crippen molar-refractivity contribution < 1.29 is 4.74 Å². The summed E-state index contributed by atoms with van der Waals surface area (Å²) in [6.45, 7) is 2.63. The Morgan fingerprint density at radius 1 is 1.33 bits per heavy atom. The van der Waals surface area contributed by atoms with Gasteiger partial charge < -0.3 is 4.74 Å². The average molecular weight is 332 g/mol. The second-order valence-corrected chi connectivity index (χ2v) is 5.52. The molecule has 0 aliphatic heterocycles. The molecule has 0 saturated heterocycles. The van der Waals surface area contributed by atoms with E-state index in [9.17, 15) is 0 Å². The zero-order valence-electron chi connectivity index (χ0n) is 8.11. The lowest BCUT2D eigenvalue weighted by atomic mass is 10.2. The van der Waals surface area contributed by atoms with Crippen molar-refractivity contribution >= 4 is 33.9 Å². The molecule has 78 valence electrons. The molecule has 1 aromatic carbocycles. The van der Waals surface area contributed by atoms with Gasteiger partial charge in [0, 0.05) is 0 Å². The van der Waals surface area contributed by atoms with Gasteiger partial charge in [0.05, 0.1) is 12.2 Å². The van der Waals surface area contributed by atoms with Crippen LogP contribution in [-0.4, -0.2) is 16.8 Å². The molecule has 0 aliphatic carbocycles. The van der Waals surface area contributed by atoms with Gasteiger partial charge >= 0.3 is 0 Å². The molecule has 0 amide bonds. The van der Waals surface area contributed by atoms with Gasteiger partial charge in [-0.3, -0.25) is 0 Å². The van der Waals surface area contributed by atoms with E-state index in [0.29, 0.717) is 6.61 Å². The summed E-state index contributed by atoms with van der Waals surface area (Å²) in [4.78, 5) is 0. The first-order valence-electron chi connectivity index (χ1n) is 4.52. The number of aromatic nitrogens is 2. The van der Waals surface area contributed by atoms with Crippen molar-refractivity contribution in [1.29, 1.82) is 0 Å². The molecule has 3 nitrogen and oxygen atoms in total. The fraction of sp³-hybridized carbons (Fsp3) is 0.200. The molecule has 2 aromatic rings. The maximum atomic E-state index is 5.54. The Bertz CT molecular complexity index is 458. The number of nitrogens with zero attached hydrogens (tertiary/aromatic N) is 2. The predicted octanol–water partition coefficient (Wildman–Crippen LogP) is 3.21. The highest BCUT2D eigenvalue weighted by Gasteiger charge is 2.09. The fourth-order valence-corrected chi connectivity index (χ4v) is 2.57. The van der Waals surface area contributed by atoms with Gasteiger partial charge in [0.25, 0.3) is 0 Å². The van der Waals surface area contributed by atoms with Crippen molar-refractivity contribution in [1.82, 2.24) is 10.2 Å². The van der Waals surface area contributed by atoms with E-state index in [1.165, 1.54) is 0 Å². The number of hydrogen-bond donors (Lipinski definition) is 0. The maximum Gasteiger partial charge on any atom is 0.178 e. The molecular formula is C10H9IN2OS. The quantitative estimate of drug-likeness (QED) is 0.810. The number of para-hydroxylation sites is 1. The van der Waals surface area contributed by atoms with Gasteiger partial charge in [-0.15, -0.1) is 10.2 Å². The van der Waals surface area contributed by atoms with E-state index in [1.54, 1.807) is 11.3 Å². The van der Waals surface area contributed by atoms with Crippen LogP contribution >= 0.6 is 33.9 Å². The van der Waals surface area contributed by atoms with Gasteiger partial charge in [0.15, 0.2) is 8.02 Å². The highest BCUT2D eigenvalue weighted by molar-refractivity contribution is 14.1. The Kier molecular flexibility index (Phi) is 3.53. The fourth-order valence-electron chi connectivity index (χ4n) is 1.24. The molecule has 15 heavy (non-hydrogen) atoms. The van der Waals surface area contributed by atoms with Crippen LogP contribution in [0.15, 0.2) is 24.3 Å². The summed E-state index contributed by atoms with van der Waals surface area (Å²) < 4.78 is 6.48. The Morgan fingerprint density at radius 2 is 2.13 bits per heavy atom. The van der Waals surface area contributed by atoms with Crippen LogP contribution in [0.25, 0.3) is 10.6 Å². The van der Waals surface area contributed by atoms with Gasteiger partial charge in [-0.1, -0.05) is 23.5 Å². The largest absolute Gasteiger partial charge is 0.493 e. The van der Waals surface area contributed by atoms with Gasteiger partial charge in [-0.25, -0.2) is 0 Å². The minimum absolute atomic E-state index is 0.660. The van der Waals surface area contributed by atoms with Gasteiger partial charge in [-0.2, -0.15) is 0 Å². The van der Waals surface area contributed by atoms with Crippen molar-refractivity contribution in [2.24, 2.45) is 0 Å². The first-order chi connectivity index (χ1) is 7.31. The summed E-state index contributed by atoms with van der Waals surface area (Å²) in [5.41, 5.74) is 1.01. The topological polar surface area (TPSA) is 35.0 Å². The van der Waals surface area contributed by atoms with Crippen LogP contribution in [0.1, 0.15) is 6.92 Å². The lowest BCUT2D eigenvalue weighted by molar-refractivity contribution is 0.341. The zero-order valence-corrected chi connectivity index (χ0v) is 11.1. The molecule has 2 rings (SSSR count). The van der Waals surface area contributed by atoms with E-state index in [4.69, 9.17) is 4.74 Å². The monoisotopic (exact) mass is 332 g/mol. The van der Waals surface area contributed by atoms with Gasteiger partial charge in [-0.05, 0) is 41.6 Å². The zero-order chi connectivity index (χ0) is 10.7. The van der Waals surface area contributed by atoms with Crippen molar-refractivity contribution in [2.75, 3.05) is 6.61 Å². The second kappa shape index (κ2) is 4.89. The summed E-state index contributed by atoms with van der Waals surface area (Å²) >= 11 is 3.73. The van der Waals surface area contributed by atoms with Crippen LogP contribution in [-0.2, 0) is 0 Å². The summed E-state index contributed by atoms with van der Waals surface area (Å²) in [7, 11) is 0. The van der Waals surface area contributed by atoms with Gasteiger partial charge in [0.2, 0.25) is 0 Å². The van der Waals surface area contributed by atoms with Crippen molar-refractivity contribution in [2.45, 2.75) is 6.92 Å². The molecule has 0 N–H and O–H groups in total. The molecule has 0 fully saturated rings. The van der Waals surface area contributed by atoms with Gasteiger partial charge in [0.1, 0.15) is 5.75 Å². The van der Waals surface area contributed by atoms with E-state index in [1.807, 2.05) is 31.2 Å². The standard InChI is InChI=1S/C10H9IN2OS/c1-2-14-8-6-4-3-5-7(8)9-12-13-10(11)15-9/h3-6H,2H2,1H3. The molecule has 0 bridgehead atoms. The first-order valence-corrected chi connectivity index (χ1v) is 6.42. The summed E-state index contributed by atoms with van der Waals surface area (Å²) in [5.74, 6) is 0.868. The van der Waals surface area contributed by atoms with E-state index in [0.717, 1.165) is 19.3 Å². The molecule has 1 heterocycles. The average Bonchev–Trinajstić information content (AvgIpc) is 2.66. The molecule has 0 radical (unpaired) electrons. The molecular weight excluding hydrogens is 323 g/mol. The summed E-state index contributed by atoms with van der Waals surface area (Å²) in [5, 5.41) is 9.01. The van der Waals surface area contributed by atoms with Crippen molar-refractivity contribution in [3.8, 4) is 16.3 Å². The van der Waals surface area contributed by atoms with Crippen LogP contribution in [0.3, 0.4) is 0 Å². The molecule has 1 aromatic heterocycles.